The minimum atomic E-state index is -0.532. The summed E-state index contributed by atoms with van der Waals surface area (Å²) in [6.45, 7) is 0.479. The van der Waals surface area contributed by atoms with Crippen LogP contribution in [0.15, 0.2) is 64.1 Å². The zero-order chi connectivity index (χ0) is 18.5. The Balaban J connectivity index is 1.67. The Morgan fingerprint density at radius 2 is 1.92 bits per heavy atom. The van der Waals surface area contributed by atoms with Gasteiger partial charge < -0.3 is 9.84 Å². The van der Waals surface area contributed by atoms with Crippen LogP contribution in [0.25, 0.3) is 11.3 Å². The highest BCUT2D eigenvalue weighted by Gasteiger charge is 2.15. The van der Waals surface area contributed by atoms with Crippen molar-refractivity contribution in [3.63, 3.8) is 0 Å². The van der Waals surface area contributed by atoms with Gasteiger partial charge in [0, 0.05) is 16.7 Å². The number of hydrogen-bond donors (Lipinski definition) is 1. The molecular weight excluding hydrogens is 377 g/mol. The number of nitrogens with zero attached hydrogens (tertiary/aromatic N) is 2. The van der Waals surface area contributed by atoms with Crippen LogP contribution in [0.2, 0.25) is 10.0 Å². The number of rotatable bonds is 6. The number of halogens is 2. The average Bonchev–Trinajstić information content (AvgIpc) is 3.09. The maximum atomic E-state index is 11.0. The van der Waals surface area contributed by atoms with Gasteiger partial charge in [-0.25, -0.2) is 0 Å². The quantitative estimate of drug-likeness (QED) is 0.353. The maximum absolute atomic E-state index is 11.0. The highest BCUT2D eigenvalue weighted by Crippen LogP contribution is 2.31. The molecule has 26 heavy (non-hydrogen) atoms. The fourth-order valence-electron chi connectivity index (χ4n) is 2.27. The van der Waals surface area contributed by atoms with Crippen LogP contribution < -0.4 is 5.43 Å². The average molecular weight is 390 g/mol. The normalized spacial score (nSPS) is 11.0. The molecule has 0 aliphatic rings. The van der Waals surface area contributed by atoms with Crippen molar-refractivity contribution in [2.75, 3.05) is 0 Å². The summed E-state index contributed by atoms with van der Waals surface area (Å²) in [5.74, 6) is 0.988. The van der Waals surface area contributed by atoms with E-state index in [0.29, 0.717) is 28.7 Å². The summed E-state index contributed by atoms with van der Waals surface area (Å²) in [6, 6.07) is 15.4. The van der Waals surface area contributed by atoms with Crippen molar-refractivity contribution in [3.8, 4) is 11.3 Å². The standard InChI is InChI=1S/C18H13Cl2N3O3/c19-15-4-2-1-3-13(15)10-21-22-11-14-6-8-18(26-14)12-5-7-16(20)17(9-12)23(24)25/h1-9,11,21H,10H2/b22-11-. The topological polar surface area (TPSA) is 80.7 Å². The molecule has 0 unspecified atom stereocenters. The lowest BCUT2D eigenvalue weighted by Gasteiger charge is -2.02. The van der Waals surface area contributed by atoms with E-state index in [4.69, 9.17) is 27.6 Å². The van der Waals surface area contributed by atoms with E-state index in [1.54, 1.807) is 18.2 Å². The smallest absolute Gasteiger partial charge is 0.288 e. The molecule has 0 amide bonds. The predicted octanol–water partition coefficient (Wildman–Crippen LogP) is 5.29. The summed E-state index contributed by atoms with van der Waals surface area (Å²) in [4.78, 5) is 10.4. The monoisotopic (exact) mass is 389 g/mol. The van der Waals surface area contributed by atoms with Crippen molar-refractivity contribution in [3.05, 3.63) is 86.1 Å². The molecule has 0 saturated heterocycles. The number of nitrogens with one attached hydrogen (secondary N) is 1. The fourth-order valence-corrected chi connectivity index (χ4v) is 2.65. The Morgan fingerprint density at radius 1 is 1.12 bits per heavy atom. The molecule has 0 spiro atoms. The van der Waals surface area contributed by atoms with Gasteiger partial charge >= 0.3 is 0 Å². The Morgan fingerprint density at radius 3 is 2.69 bits per heavy atom. The number of hydrogen-bond acceptors (Lipinski definition) is 5. The van der Waals surface area contributed by atoms with E-state index in [0.717, 1.165) is 5.56 Å². The number of furan rings is 1. The second kappa shape index (κ2) is 8.03. The number of hydrazone groups is 1. The lowest BCUT2D eigenvalue weighted by molar-refractivity contribution is -0.384. The van der Waals surface area contributed by atoms with Crippen LogP contribution in [0.3, 0.4) is 0 Å². The van der Waals surface area contributed by atoms with E-state index in [-0.39, 0.29) is 10.7 Å². The Hall–Kier alpha value is -2.83. The summed E-state index contributed by atoms with van der Waals surface area (Å²) in [6.07, 6.45) is 1.52. The third kappa shape index (κ3) is 4.22. The Labute approximate surface area is 159 Å². The number of benzene rings is 2. The van der Waals surface area contributed by atoms with Gasteiger partial charge in [0.2, 0.25) is 0 Å². The molecule has 0 atom stereocenters. The summed E-state index contributed by atoms with van der Waals surface area (Å²) < 4.78 is 5.64. The van der Waals surface area contributed by atoms with Crippen LogP contribution in [0.5, 0.6) is 0 Å². The number of nitro groups is 1. The zero-order valence-electron chi connectivity index (χ0n) is 13.4. The lowest BCUT2D eigenvalue weighted by atomic mass is 10.1. The molecule has 3 rings (SSSR count). The van der Waals surface area contributed by atoms with E-state index < -0.39 is 4.92 Å². The Bertz CT molecular complexity index is 970. The van der Waals surface area contributed by atoms with Crippen LogP contribution in [-0.4, -0.2) is 11.1 Å². The Kier molecular flexibility index (Phi) is 5.55. The van der Waals surface area contributed by atoms with E-state index in [2.05, 4.69) is 10.5 Å². The van der Waals surface area contributed by atoms with Gasteiger partial charge in [0.15, 0.2) is 0 Å². The molecule has 3 aromatic rings. The van der Waals surface area contributed by atoms with E-state index >= 15 is 0 Å². The van der Waals surface area contributed by atoms with Crippen LogP contribution in [0, 0.1) is 10.1 Å². The van der Waals surface area contributed by atoms with Crippen molar-refractivity contribution in [1.29, 1.82) is 0 Å². The highest BCUT2D eigenvalue weighted by atomic mass is 35.5. The number of nitro benzene ring substituents is 1. The van der Waals surface area contributed by atoms with Gasteiger partial charge in [-0.2, -0.15) is 5.10 Å². The van der Waals surface area contributed by atoms with Crippen molar-refractivity contribution >= 4 is 35.1 Å². The molecule has 2 aromatic carbocycles. The SMILES string of the molecule is O=[N+]([O-])c1cc(-c2ccc(/C=N\NCc3ccccc3Cl)o2)ccc1Cl. The molecule has 1 heterocycles. The summed E-state index contributed by atoms with van der Waals surface area (Å²) in [5, 5.41) is 15.8. The molecule has 6 nitrogen and oxygen atoms in total. The molecule has 1 N–H and O–H groups in total. The van der Waals surface area contributed by atoms with Gasteiger partial charge in [-0.3, -0.25) is 10.1 Å². The first-order chi connectivity index (χ1) is 12.5. The van der Waals surface area contributed by atoms with Crippen LogP contribution >= 0.6 is 23.2 Å². The molecular formula is C18H13Cl2N3O3. The maximum Gasteiger partial charge on any atom is 0.288 e. The van der Waals surface area contributed by atoms with Gasteiger partial charge in [0.05, 0.1) is 17.7 Å². The van der Waals surface area contributed by atoms with E-state index in [1.165, 1.54) is 18.3 Å². The zero-order valence-corrected chi connectivity index (χ0v) is 14.9. The molecule has 0 bridgehead atoms. The molecule has 0 saturated carbocycles. The van der Waals surface area contributed by atoms with Gasteiger partial charge in [0.1, 0.15) is 16.5 Å². The first-order valence-corrected chi connectivity index (χ1v) is 8.33. The van der Waals surface area contributed by atoms with Crippen molar-refractivity contribution in [2.24, 2.45) is 5.10 Å². The summed E-state index contributed by atoms with van der Waals surface area (Å²) >= 11 is 11.9. The molecule has 8 heteroatoms. The van der Waals surface area contributed by atoms with Gasteiger partial charge in [-0.1, -0.05) is 41.4 Å². The second-order valence-electron chi connectivity index (χ2n) is 5.31. The van der Waals surface area contributed by atoms with E-state index in [9.17, 15) is 10.1 Å². The second-order valence-corrected chi connectivity index (χ2v) is 6.12. The molecule has 0 radical (unpaired) electrons. The van der Waals surface area contributed by atoms with Crippen LogP contribution in [0.4, 0.5) is 5.69 Å². The highest BCUT2D eigenvalue weighted by molar-refractivity contribution is 6.32. The van der Waals surface area contributed by atoms with Crippen molar-refractivity contribution in [2.45, 2.75) is 6.54 Å². The predicted molar refractivity (Wildman–Crippen MR) is 102 cm³/mol. The summed E-state index contributed by atoms with van der Waals surface area (Å²) in [5.41, 5.74) is 4.21. The lowest BCUT2D eigenvalue weighted by Crippen LogP contribution is -2.05. The van der Waals surface area contributed by atoms with Crippen molar-refractivity contribution in [1.82, 2.24) is 5.43 Å². The molecule has 0 fully saturated rings. The molecule has 0 aliphatic carbocycles. The minimum Gasteiger partial charge on any atom is -0.455 e. The van der Waals surface area contributed by atoms with E-state index in [1.807, 2.05) is 24.3 Å². The van der Waals surface area contributed by atoms with Gasteiger partial charge in [-0.15, -0.1) is 0 Å². The molecule has 132 valence electrons. The van der Waals surface area contributed by atoms with Gasteiger partial charge in [-0.05, 0) is 35.9 Å². The van der Waals surface area contributed by atoms with Crippen molar-refractivity contribution < 1.29 is 9.34 Å². The van der Waals surface area contributed by atoms with Crippen LogP contribution in [0.1, 0.15) is 11.3 Å². The van der Waals surface area contributed by atoms with Crippen LogP contribution in [-0.2, 0) is 6.54 Å². The first-order valence-electron chi connectivity index (χ1n) is 7.58. The fraction of sp³-hybridized carbons (Fsp3) is 0.0556. The largest absolute Gasteiger partial charge is 0.455 e. The molecule has 1 aromatic heterocycles. The third-order valence-electron chi connectivity index (χ3n) is 3.56. The molecule has 0 aliphatic heterocycles. The summed E-state index contributed by atoms with van der Waals surface area (Å²) in [7, 11) is 0. The first kappa shape index (κ1) is 18.0. The third-order valence-corrected chi connectivity index (χ3v) is 4.25. The van der Waals surface area contributed by atoms with Gasteiger partial charge in [0.25, 0.3) is 5.69 Å². The minimum absolute atomic E-state index is 0.0795.